The van der Waals surface area contributed by atoms with Crippen LogP contribution in [0.5, 0.6) is 5.75 Å². The Bertz CT molecular complexity index is 1420. The van der Waals surface area contributed by atoms with Gasteiger partial charge in [0, 0.05) is 15.2 Å². The third-order valence-electron chi connectivity index (χ3n) is 5.20. The van der Waals surface area contributed by atoms with Crippen molar-refractivity contribution in [3.63, 3.8) is 0 Å². The Morgan fingerprint density at radius 3 is 2.44 bits per heavy atom. The first-order valence-electron chi connectivity index (χ1n) is 10.5. The average molecular weight is 622 g/mol. The largest absolute Gasteiger partial charge is 0.497 e. The van der Waals surface area contributed by atoms with Gasteiger partial charge >= 0.3 is 0 Å². The minimum atomic E-state index is -4.36. The number of sulfonamides is 1. The smallest absolute Gasteiger partial charge is 0.273 e. The number of nitrogens with zero attached hydrogens (tertiary/aromatic N) is 3. The lowest BCUT2D eigenvalue weighted by Gasteiger charge is -2.24. The lowest BCUT2D eigenvalue weighted by atomic mass is 10.1. The zero-order valence-electron chi connectivity index (χ0n) is 19.6. The van der Waals surface area contributed by atoms with Crippen LogP contribution in [0.15, 0.2) is 76.7 Å². The molecule has 1 amide bonds. The van der Waals surface area contributed by atoms with Gasteiger partial charge in [0.2, 0.25) is 0 Å². The van der Waals surface area contributed by atoms with Crippen molar-refractivity contribution in [2.75, 3.05) is 18.0 Å². The van der Waals surface area contributed by atoms with Crippen LogP contribution in [0.2, 0.25) is 0 Å². The summed E-state index contributed by atoms with van der Waals surface area (Å²) in [5, 5.41) is 15.5. The Morgan fingerprint density at radius 1 is 1.14 bits per heavy atom. The van der Waals surface area contributed by atoms with E-state index in [2.05, 4.69) is 33.1 Å². The van der Waals surface area contributed by atoms with Crippen molar-refractivity contribution in [3.8, 4) is 5.75 Å². The molecule has 0 aliphatic carbocycles. The van der Waals surface area contributed by atoms with E-state index in [1.54, 1.807) is 19.1 Å². The number of hydrogen-bond acceptors (Lipinski definition) is 7. The standard InChI is InChI=1S/C24H23IN4O6S/c1-16-7-12-22(14-23(16)29(31)32)36(33,34)28(20-8-10-21(35-3)11-9-20)15-24(30)27-26-17(2)18-5-4-6-19(25)13-18/h4-14H,15H2,1-3H3,(H,27,30)/b26-17-. The van der Waals surface area contributed by atoms with Gasteiger partial charge in [0.1, 0.15) is 12.3 Å². The number of aryl methyl sites for hydroxylation is 1. The van der Waals surface area contributed by atoms with Crippen molar-refractivity contribution in [2.24, 2.45) is 5.10 Å². The molecule has 0 unspecified atom stereocenters. The summed E-state index contributed by atoms with van der Waals surface area (Å²) in [7, 11) is -2.89. The fourth-order valence-corrected chi connectivity index (χ4v) is 5.21. The Hall–Kier alpha value is -3.52. The van der Waals surface area contributed by atoms with Gasteiger partial charge in [0.15, 0.2) is 0 Å². The topological polar surface area (TPSA) is 131 Å². The summed E-state index contributed by atoms with van der Waals surface area (Å²) in [4.78, 5) is 23.2. The number of nitro benzene ring substituents is 1. The number of carbonyl (C=O) groups is 1. The van der Waals surface area contributed by atoms with Crippen molar-refractivity contribution in [3.05, 3.63) is 91.5 Å². The maximum Gasteiger partial charge on any atom is 0.273 e. The number of carbonyl (C=O) groups excluding carboxylic acids is 1. The summed E-state index contributed by atoms with van der Waals surface area (Å²) in [5.74, 6) is -0.203. The highest BCUT2D eigenvalue weighted by molar-refractivity contribution is 14.1. The van der Waals surface area contributed by atoms with E-state index in [-0.39, 0.29) is 16.3 Å². The molecule has 3 aromatic rings. The van der Waals surface area contributed by atoms with Crippen molar-refractivity contribution < 1.29 is 22.9 Å². The van der Waals surface area contributed by atoms with Crippen molar-refractivity contribution in [1.82, 2.24) is 5.43 Å². The second-order valence-electron chi connectivity index (χ2n) is 7.66. The van der Waals surface area contributed by atoms with Gasteiger partial charge in [-0.2, -0.15) is 5.10 Å². The van der Waals surface area contributed by atoms with Crippen LogP contribution in [0.25, 0.3) is 0 Å². The van der Waals surface area contributed by atoms with Crippen molar-refractivity contribution in [1.29, 1.82) is 0 Å². The van der Waals surface area contributed by atoms with Gasteiger partial charge in [-0.15, -0.1) is 0 Å². The minimum Gasteiger partial charge on any atom is -0.497 e. The highest BCUT2D eigenvalue weighted by atomic mass is 127. The SMILES string of the molecule is COc1ccc(N(CC(=O)N/N=C(/C)c2cccc(I)c2)S(=O)(=O)c2ccc(C)c([N+](=O)[O-])c2)cc1. The molecule has 0 aliphatic heterocycles. The minimum absolute atomic E-state index is 0.174. The second-order valence-corrected chi connectivity index (χ2v) is 10.8. The molecule has 3 rings (SSSR count). The number of nitrogens with one attached hydrogen (secondary N) is 1. The van der Waals surface area contributed by atoms with Crippen LogP contribution < -0.4 is 14.5 Å². The number of anilines is 1. The van der Waals surface area contributed by atoms with E-state index in [1.807, 2.05) is 24.3 Å². The number of amides is 1. The Morgan fingerprint density at radius 2 is 1.83 bits per heavy atom. The average Bonchev–Trinajstić information content (AvgIpc) is 2.85. The molecular formula is C24H23IN4O6S. The number of nitro groups is 1. The summed E-state index contributed by atoms with van der Waals surface area (Å²) in [6.45, 7) is 2.62. The normalized spacial score (nSPS) is 11.6. The predicted octanol–water partition coefficient (Wildman–Crippen LogP) is 4.25. The van der Waals surface area contributed by atoms with Crippen molar-refractivity contribution >= 4 is 55.6 Å². The molecule has 0 spiro atoms. The van der Waals surface area contributed by atoms with Gasteiger partial charge in [-0.1, -0.05) is 18.2 Å². The summed E-state index contributed by atoms with van der Waals surface area (Å²) >= 11 is 2.16. The van der Waals surface area contributed by atoms with Crippen LogP contribution in [0.3, 0.4) is 0 Å². The summed E-state index contributed by atoms with van der Waals surface area (Å²) in [6.07, 6.45) is 0. The highest BCUT2D eigenvalue weighted by Gasteiger charge is 2.29. The number of ether oxygens (including phenoxy) is 1. The molecule has 36 heavy (non-hydrogen) atoms. The van der Waals surface area contributed by atoms with Crippen molar-refractivity contribution in [2.45, 2.75) is 18.7 Å². The molecule has 0 saturated carbocycles. The fourth-order valence-electron chi connectivity index (χ4n) is 3.23. The number of benzene rings is 3. The quantitative estimate of drug-likeness (QED) is 0.164. The third-order valence-corrected chi connectivity index (χ3v) is 7.64. The third kappa shape index (κ3) is 6.37. The Kier molecular flexibility index (Phi) is 8.63. The maximum atomic E-state index is 13.6. The van der Waals surface area contributed by atoms with Crippen LogP contribution in [0.1, 0.15) is 18.1 Å². The molecule has 0 bridgehead atoms. The van der Waals surface area contributed by atoms with Crippen LogP contribution in [0.4, 0.5) is 11.4 Å². The number of rotatable bonds is 9. The van der Waals surface area contributed by atoms with Gasteiger partial charge in [0.05, 0.1) is 28.3 Å². The van der Waals surface area contributed by atoms with E-state index in [9.17, 15) is 23.3 Å². The molecule has 0 atom stereocenters. The van der Waals surface area contributed by atoms with Gasteiger partial charge in [0.25, 0.3) is 21.6 Å². The number of hydrazone groups is 1. The lowest BCUT2D eigenvalue weighted by Crippen LogP contribution is -2.39. The molecule has 0 fully saturated rings. The van der Waals surface area contributed by atoms with Crippen LogP contribution in [-0.2, 0) is 14.8 Å². The van der Waals surface area contributed by atoms with Crippen LogP contribution in [-0.4, -0.2) is 38.6 Å². The monoisotopic (exact) mass is 622 g/mol. The summed E-state index contributed by atoms with van der Waals surface area (Å²) < 4.78 is 34.1. The summed E-state index contributed by atoms with van der Waals surface area (Å²) in [6, 6.07) is 17.2. The van der Waals surface area contributed by atoms with Gasteiger partial charge < -0.3 is 4.74 Å². The molecule has 1 N–H and O–H groups in total. The van der Waals surface area contributed by atoms with E-state index in [4.69, 9.17) is 4.74 Å². The van der Waals surface area contributed by atoms with E-state index in [0.29, 0.717) is 17.0 Å². The zero-order chi connectivity index (χ0) is 26.5. The van der Waals surface area contributed by atoms with E-state index in [0.717, 1.165) is 19.5 Å². The molecule has 0 saturated heterocycles. The molecule has 3 aromatic carbocycles. The first-order valence-corrected chi connectivity index (χ1v) is 13.1. The van der Waals surface area contributed by atoms with Gasteiger partial charge in [-0.05, 0) is 84.5 Å². The molecular weight excluding hydrogens is 599 g/mol. The van der Waals surface area contributed by atoms with E-state index in [1.165, 1.54) is 38.3 Å². The zero-order valence-corrected chi connectivity index (χ0v) is 22.6. The van der Waals surface area contributed by atoms with Crippen LogP contribution in [0, 0.1) is 20.6 Å². The highest BCUT2D eigenvalue weighted by Crippen LogP contribution is 2.29. The van der Waals surface area contributed by atoms with E-state index < -0.39 is 27.4 Å². The van der Waals surface area contributed by atoms with Gasteiger partial charge in [-0.3, -0.25) is 19.2 Å². The molecule has 12 heteroatoms. The predicted molar refractivity (Wildman–Crippen MR) is 145 cm³/mol. The van der Waals surface area contributed by atoms with Gasteiger partial charge in [-0.25, -0.2) is 13.8 Å². The van der Waals surface area contributed by atoms with Crippen LogP contribution >= 0.6 is 22.6 Å². The summed E-state index contributed by atoms with van der Waals surface area (Å²) in [5.41, 5.74) is 3.88. The molecule has 188 valence electrons. The fraction of sp³-hybridized carbons (Fsp3) is 0.167. The molecule has 10 nitrogen and oxygen atoms in total. The Balaban J connectivity index is 1.95. The Labute approximate surface area is 222 Å². The second kappa shape index (κ2) is 11.5. The molecule has 0 radical (unpaired) electrons. The first kappa shape index (κ1) is 27.1. The first-order chi connectivity index (χ1) is 17.0. The molecule has 0 heterocycles. The lowest BCUT2D eigenvalue weighted by molar-refractivity contribution is -0.385. The number of hydrogen-bond donors (Lipinski definition) is 1. The molecule has 0 aliphatic rings. The van der Waals surface area contributed by atoms with E-state index >= 15 is 0 Å². The molecule has 0 aromatic heterocycles. The number of halogens is 1. The maximum absolute atomic E-state index is 13.6. The number of methoxy groups -OCH3 is 1.